The molecule has 1 aromatic carbocycles. The van der Waals surface area contributed by atoms with E-state index in [0.717, 1.165) is 6.42 Å². The third-order valence-corrected chi connectivity index (χ3v) is 3.95. The molecule has 1 N–H and O–H groups in total. The number of aromatic nitrogens is 2. The van der Waals surface area contributed by atoms with Crippen molar-refractivity contribution in [3.05, 3.63) is 45.0 Å². The van der Waals surface area contributed by atoms with Crippen molar-refractivity contribution in [1.82, 2.24) is 9.78 Å². The van der Waals surface area contributed by atoms with E-state index in [4.69, 9.17) is 4.74 Å². The minimum atomic E-state index is -0.897. The average molecular weight is 390 g/mol. The van der Waals surface area contributed by atoms with Crippen molar-refractivity contribution < 1.29 is 14.2 Å². The molecule has 1 heterocycles. The van der Waals surface area contributed by atoms with Crippen LogP contribution in [0.15, 0.2) is 24.4 Å². The molecule has 0 spiro atoms. The van der Waals surface area contributed by atoms with E-state index in [0.29, 0.717) is 27.1 Å². The number of rotatable bonds is 5. The zero-order chi connectivity index (χ0) is 14.7. The number of aliphatic hydroxyl groups is 1. The normalized spacial score (nSPS) is 12.4. The second kappa shape index (κ2) is 6.53. The molecule has 0 radical (unpaired) electrons. The smallest absolute Gasteiger partial charge is 0.163 e. The molecule has 2 rings (SSSR count). The van der Waals surface area contributed by atoms with Crippen LogP contribution in [0.3, 0.4) is 0 Å². The van der Waals surface area contributed by atoms with Gasteiger partial charge in [-0.05, 0) is 41.1 Å². The van der Waals surface area contributed by atoms with E-state index in [1.807, 2.05) is 29.5 Å². The summed E-state index contributed by atoms with van der Waals surface area (Å²) in [6.45, 7) is 2.72. The molecule has 0 saturated carbocycles. The summed E-state index contributed by atoms with van der Waals surface area (Å²) in [4.78, 5) is 0. The van der Waals surface area contributed by atoms with Crippen molar-refractivity contribution >= 4 is 22.6 Å². The molecule has 0 saturated heterocycles. The van der Waals surface area contributed by atoms with Crippen molar-refractivity contribution in [1.29, 1.82) is 0 Å². The fraction of sp³-hybridized carbons (Fsp3) is 0.357. The maximum atomic E-state index is 13.2. The van der Waals surface area contributed by atoms with Gasteiger partial charge in [0.1, 0.15) is 17.6 Å². The van der Waals surface area contributed by atoms with Crippen LogP contribution in [0, 0.1) is 9.39 Å². The van der Waals surface area contributed by atoms with Crippen LogP contribution >= 0.6 is 22.6 Å². The fourth-order valence-corrected chi connectivity index (χ4v) is 2.84. The van der Waals surface area contributed by atoms with Crippen molar-refractivity contribution in [3.63, 3.8) is 0 Å². The Morgan fingerprint density at radius 1 is 1.50 bits per heavy atom. The zero-order valence-corrected chi connectivity index (χ0v) is 13.5. The molecule has 0 bridgehead atoms. The summed E-state index contributed by atoms with van der Waals surface area (Å²) in [6, 6.07) is 4.32. The maximum absolute atomic E-state index is 13.2. The fourth-order valence-electron chi connectivity index (χ4n) is 2.07. The van der Waals surface area contributed by atoms with Crippen molar-refractivity contribution in [3.8, 4) is 5.75 Å². The summed E-state index contributed by atoms with van der Waals surface area (Å²) >= 11 is 2.01. The van der Waals surface area contributed by atoms with E-state index in [1.54, 1.807) is 24.1 Å². The summed E-state index contributed by atoms with van der Waals surface area (Å²) in [5.74, 6) is 0.213. The molecule has 6 heteroatoms. The molecule has 1 atom stereocenters. The molecule has 1 unspecified atom stereocenters. The molecule has 0 aliphatic heterocycles. The lowest BCUT2D eigenvalue weighted by atomic mass is 10.1. The molecule has 1 aromatic heterocycles. The lowest BCUT2D eigenvalue weighted by Gasteiger charge is -2.16. The van der Waals surface area contributed by atoms with Gasteiger partial charge in [-0.15, -0.1) is 0 Å². The van der Waals surface area contributed by atoms with Gasteiger partial charge in [0.25, 0.3) is 0 Å². The third kappa shape index (κ3) is 2.95. The number of benzene rings is 1. The van der Waals surface area contributed by atoms with Crippen LogP contribution in [0.5, 0.6) is 5.75 Å². The van der Waals surface area contributed by atoms with E-state index in [9.17, 15) is 9.50 Å². The Hall–Kier alpha value is -1.15. The highest BCUT2D eigenvalue weighted by Gasteiger charge is 2.23. The first-order chi connectivity index (χ1) is 9.58. The van der Waals surface area contributed by atoms with E-state index in [1.165, 1.54) is 12.1 Å². The van der Waals surface area contributed by atoms with Crippen molar-refractivity contribution in [2.24, 2.45) is 0 Å². The quantitative estimate of drug-likeness (QED) is 0.799. The summed E-state index contributed by atoms with van der Waals surface area (Å²) in [6.07, 6.45) is 1.59. The molecule has 4 nitrogen and oxygen atoms in total. The molecular weight excluding hydrogens is 374 g/mol. The lowest BCUT2D eigenvalue weighted by molar-refractivity contribution is 0.201. The van der Waals surface area contributed by atoms with E-state index in [-0.39, 0.29) is 5.82 Å². The van der Waals surface area contributed by atoms with Gasteiger partial charge < -0.3 is 9.84 Å². The average Bonchev–Trinajstić information content (AvgIpc) is 2.81. The predicted octanol–water partition coefficient (Wildman–Crippen LogP) is 3.13. The number of aryl methyl sites for hydroxylation is 1. The van der Waals surface area contributed by atoms with Crippen LogP contribution in [0.4, 0.5) is 4.39 Å². The van der Waals surface area contributed by atoms with Crippen molar-refractivity contribution in [2.45, 2.75) is 26.0 Å². The van der Waals surface area contributed by atoms with E-state index < -0.39 is 6.10 Å². The van der Waals surface area contributed by atoms with Crippen LogP contribution < -0.4 is 4.74 Å². The summed E-state index contributed by atoms with van der Waals surface area (Å²) < 4.78 is 20.8. The summed E-state index contributed by atoms with van der Waals surface area (Å²) in [5, 5.41) is 14.8. The second-order valence-electron chi connectivity index (χ2n) is 4.39. The monoisotopic (exact) mass is 390 g/mol. The highest BCUT2D eigenvalue weighted by molar-refractivity contribution is 14.1. The van der Waals surface area contributed by atoms with Gasteiger partial charge in [0.2, 0.25) is 0 Å². The Morgan fingerprint density at radius 2 is 2.25 bits per heavy atom. The SMILES string of the molecule is CCCn1ncc(OC)c1C(O)c1ccc(F)cc1I. The number of hydrogen-bond donors (Lipinski definition) is 1. The molecule has 108 valence electrons. The highest BCUT2D eigenvalue weighted by atomic mass is 127. The van der Waals surface area contributed by atoms with Gasteiger partial charge in [-0.25, -0.2) is 4.39 Å². The molecule has 2 aromatic rings. The lowest BCUT2D eigenvalue weighted by Crippen LogP contribution is -2.12. The molecule has 0 fully saturated rings. The number of hydrogen-bond acceptors (Lipinski definition) is 3. The van der Waals surface area contributed by atoms with Crippen molar-refractivity contribution in [2.75, 3.05) is 7.11 Å². The van der Waals surface area contributed by atoms with Gasteiger partial charge in [0, 0.05) is 15.7 Å². The van der Waals surface area contributed by atoms with Crippen LogP contribution in [-0.2, 0) is 6.54 Å². The predicted molar refractivity (Wildman–Crippen MR) is 82.2 cm³/mol. The van der Waals surface area contributed by atoms with Crippen LogP contribution in [0.25, 0.3) is 0 Å². The second-order valence-corrected chi connectivity index (χ2v) is 5.55. The number of ether oxygens (including phenoxy) is 1. The summed E-state index contributed by atoms with van der Waals surface area (Å²) in [7, 11) is 1.54. The van der Waals surface area contributed by atoms with Gasteiger partial charge in [-0.2, -0.15) is 5.10 Å². The Kier molecular flexibility index (Phi) is 4.98. The van der Waals surface area contributed by atoms with Gasteiger partial charge in [0.15, 0.2) is 5.75 Å². The Balaban J connectivity index is 2.46. The Labute approximate surface area is 130 Å². The number of nitrogens with zero attached hydrogens (tertiary/aromatic N) is 2. The molecule has 20 heavy (non-hydrogen) atoms. The first-order valence-electron chi connectivity index (χ1n) is 6.31. The maximum Gasteiger partial charge on any atom is 0.163 e. The van der Waals surface area contributed by atoms with Gasteiger partial charge >= 0.3 is 0 Å². The van der Waals surface area contributed by atoms with E-state index >= 15 is 0 Å². The zero-order valence-electron chi connectivity index (χ0n) is 11.3. The molecule has 0 aliphatic carbocycles. The number of halogens is 2. The van der Waals surface area contributed by atoms with Crippen LogP contribution in [0.1, 0.15) is 30.7 Å². The molecular formula is C14H16FIN2O2. The molecule has 0 amide bonds. The standard InChI is InChI=1S/C14H16FIN2O2/c1-3-6-18-13(12(20-2)8-17-18)14(19)10-5-4-9(15)7-11(10)16/h4-5,7-8,14,19H,3,6H2,1-2H3. The Bertz CT molecular complexity index is 601. The Morgan fingerprint density at radius 3 is 2.85 bits per heavy atom. The minimum Gasteiger partial charge on any atom is -0.493 e. The summed E-state index contributed by atoms with van der Waals surface area (Å²) in [5.41, 5.74) is 1.24. The number of methoxy groups -OCH3 is 1. The van der Waals surface area contributed by atoms with Gasteiger partial charge in [-0.1, -0.05) is 13.0 Å². The highest BCUT2D eigenvalue weighted by Crippen LogP contribution is 2.32. The number of aliphatic hydroxyl groups excluding tert-OH is 1. The first kappa shape index (κ1) is 15.2. The van der Waals surface area contributed by atoms with E-state index in [2.05, 4.69) is 5.10 Å². The first-order valence-corrected chi connectivity index (χ1v) is 7.39. The third-order valence-electron chi connectivity index (χ3n) is 3.02. The van der Waals surface area contributed by atoms with Crippen LogP contribution in [-0.4, -0.2) is 22.0 Å². The molecule has 0 aliphatic rings. The van der Waals surface area contributed by atoms with Gasteiger partial charge in [-0.3, -0.25) is 4.68 Å². The topological polar surface area (TPSA) is 47.3 Å². The minimum absolute atomic E-state index is 0.320. The largest absolute Gasteiger partial charge is 0.493 e. The van der Waals surface area contributed by atoms with Gasteiger partial charge in [0.05, 0.1) is 13.3 Å². The van der Waals surface area contributed by atoms with Crippen LogP contribution in [0.2, 0.25) is 0 Å².